The number of hydrogen-bond acceptors (Lipinski definition) is 7. The fourth-order valence-electron chi connectivity index (χ4n) is 2.37. The van der Waals surface area contributed by atoms with Gasteiger partial charge < -0.3 is 10.5 Å². The molecule has 0 amide bonds. The number of hydrogen-bond donors (Lipinski definition) is 3. The van der Waals surface area contributed by atoms with Crippen molar-refractivity contribution in [3.05, 3.63) is 11.6 Å². The third-order valence-electron chi connectivity index (χ3n) is 3.30. The molecule has 8 nitrogen and oxygen atoms in total. The zero-order valence-electron chi connectivity index (χ0n) is 10.6. The molecule has 1 fully saturated rings. The first-order valence-electron chi connectivity index (χ1n) is 6.14. The maximum Gasteiger partial charge on any atom is 0.263 e. The van der Waals surface area contributed by atoms with Gasteiger partial charge in [-0.05, 0) is 12.8 Å². The summed E-state index contributed by atoms with van der Waals surface area (Å²) >= 11 is 1.32. The van der Waals surface area contributed by atoms with Gasteiger partial charge in [0.1, 0.15) is 0 Å². The number of nitrogens with zero attached hydrogens (tertiary/aromatic N) is 3. The quantitative estimate of drug-likeness (QED) is 0.535. The Bertz CT molecular complexity index is 722. The fourth-order valence-corrected chi connectivity index (χ4v) is 4.87. The van der Waals surface area contributed by atoms with Crippen molar-refractivity contribution in [3.63, 3.8) is 0 Å². The number of nitrogens with one attached hydrogen (secondary N) is 1. The van der Waals surface area contributed by atoms with E-state index in [1.807, 2.05) is 0 Å². The van der Waals surface area contributed by atoms with Gasteiger partial charge in [-0.2, -0.15) is 9.29 Å². The zero-order chi connectivity index (χ0) is 14.3. The van der Waals surface area contributed by atoms with Crippen molar-refractivity contribution in [1.82, 2.24) is 13.7 Å². The molecule has 2 aromatic heterocycles. The predicted molar refractivity (Wildman–Crippen MR) is 74.9 cm³/mol. The second-order valence-corrected chi connectivity index (χ2v) is 7.35. The minimum atomic E-state index is -3.75. The number of β-amino-alcohol motifs (C(OH)–C–C–N with tert-alkyl or cyclic N) is 1. The third-order valence-corrected chi connectivity index (χ3v) is 5.95. The summed E-state index contributed by atoms with van der Waals surface area (Å²) in [7, 11) is -3.75. The number of anilines is 1. The van der Waals surface area contributed by atoms with Crippen LogP contribution in [-0.4, -0.2) is 46.4 Å². The predicted octanol–water partition coefficient (Wildman–Crippen LogP) is -0.173. The summed E-state index contributed by atoms with van der Waals surface area (Å²) in [6.07, 6.45) is 2.27. The van der Waals surface area contributed by atoms with Crippen LogP contribution >= 0.6 is 11.3 Å². The van der Waals surface area contributed by atoms with Crippen molar-refractivity contribution in [2.45, 2.75) is 24.0 Å². The van der Waals surface area contributed by atoms with Crippen LogP contribution < -0.4 is 11.3 Å². The monoisotopic (exact) mass is 317 g/mol. The van der Waals surface area contributed by atoms with E-state index in [9.17, 15) is 13.5 Å². The van der Waals surface area contributed by atoms with Gasteiger partial charge in [0, 0.05) is 24.7 Å². The molecule has 0 bridgehead atoms. The van der Waals surface area contributed by atoms with Crippen molar-refractivity contribution in [2.24, 2.45) is 5.84 Å². The maximum absolute atomic E-state index is 12.7. The number of fused-ring (bicyclic) bond motifs is 1. The molecule has 2 aromatic rings. The Morgan fingerprint density at radius 1 is 1.55 bits per heavy atom. The summed E-state index contributed by atoms with van der Waals surface area (Å²) in [5.41, 5.74) is 2.33. The largest absolute Gasteiger partial charge is 0.392 e. The molecule has 0 saturated carbocycles. The van der Waals surface area contributed by atoms with Crippen LogP contribution in [0.25, 0.3) is 4.96 Å². The highest BCUT2D eigenvalue weighted by molar-refractivity contribution is 7.89. The Morgan fingerprint density at radius 3 is 3.05 bits per heavy atom. The molecule has 0 spiro atoms. The highest BCUT2D eigenvalue weighted by Crippen LogP contribution is 2.29. The second kappa shape index (κ2) is 4.97. The maximum atomic E-state index is 12.7. The molecule has 1 aliphatic heterocycles. The van der Waals surface area contributed by atoms with Gasteiger partial charge in [-0.15, -0.1) is 11.3 Å². The van der Waals surface area contributed by atoms with Crippen LogP contribution in [0.5, 0.6) is 0 Å². The summed E-state index contributed by atoms with van der Waals surface area (Å²) in [5, 5.41) is 11.4. The van der Waals surface area contributed by atoms with Gasteiger partial charge in [0.15, 0.2) is 10.8 Å². The number of sulfonamides is 1. The number of aliphatic hydroxyl groups excluding tert-OH is 1. The molecule has 1 unspecified atom stereocenters. The first kappa shape index (κ1) is 13.8. The number of nitrogen functional groups attached to an aromatic ring is 1. The van der Waals surface area contributed by atoms with E-state index < -0.39 is 16.1 Å². The van der Waals surface area contributed by atoms with Gasteiger partial charge in [-0.3, -0.25) is 4.40 Å². The summed E-state index contributed by atoms with van der Waals surface area (Å²) in [6, 6.07) is 0. The van der Waals surface area contributed by atoms with E-state index in [4.69, 9.17) is 5.84 Å². The minimum Gasteiger partial charge on any atom is -0.392 e. The fraction of sp³-hybridized carbons (Fsp3) is 0.500. The van der Waals surface area contributed by atoms with E-state index in [1.54, 1.807) is 11.6 Å². The average Bonchev–Trinajstić information content (AvgIpc) is 2.97. The Labute approximate surface area is 119 Å². The van der Waals surface area contributed by atoms with Crippen molar-refractivity contribution >= 4 is 32.1 Å². The van der Waals surface area contributed by atoms with Crippen LogP contribution in [0.3, 0.4) is 0 Å². The Balaban J connectivity index is 2.10. The molecular weight excluding hydrogens is 302 g/mol. The van der Waals surface area contributed by atoms with E-state index in [-0.39, 0.29) is 17.4 Å². The number of nitrogens with two attached hydrogens (primary N) is 1. The van der Waals surface area contributed by atoms with Crippen molar-refractivity contribution < 1.29 is 13.5 Å². The summed E-state index contributed by atoms with van der Waals surface area (Å²) in [5.74, 6) is 5.50. The molecule has 0 aliphatic carbocycles. The molecule has 0 aromatic carbocycles. The highest BCUT2D eigenvalue weighted by atomic mass is 32.2. The van der Waals surface area contributed by atoms with Gasteiger partial charge in [0.2, 0.25) is 5.03 Å². The Morgan fingerprint density at radius 2 is 2.35 bits per heavy atom. The first-order chi connectivity index (χ1) is 9.54. The molecule has 1 atom stereocenters. The lowest BCUT2D eigenvalue weighted by atomic mass is 10.1. The number of hydrazine groups is 1. The van der Waals surface area contributed by atoms with Crippen LogP contribution in [-0.2, 0) is 10.0 Å². The molecular formula is C10H15N5O3S2. The standard InChI is InChI=1S/C10H15N5O3S2/c11-13-8-9(15-4-5-19-10(15)12-8)20(17,18)14-3-1-2-7(16)6-14/h4-5,7,13,16H,1-3,6,11H2. The molecule has 0 radical (unpaired) electrons. The molecule has 1 aliphatic rings. The van der Waals surface area contributed by atoms with E-state index in [0.29, 0.717) is 24.3 Å². The molecule has 1 saturated heterocycles. The van der Waals surface area contributed by atoms with Crippen LogP contribution in [0.1, 0.15) is 12.8 Å². The van der Waals surface area contributed by atoms with Gasteiger partial charge in [-0.1, -0.05) is 0 Å². The van der Waals surface area contributed by atoms with Crippen LogP contribution in [0.2, 0.25) is 0 Å². The van der Waals surface area contributed by atoms with Crippen LogP contribution in [0, 0.1) is 0 Å². The topological polar surface area (TPSA) is 113 Å². The number of aromatic nitrogens is 2. The molecule has 110 valence electrons. The number of piperidine rings is 1. The lowest BCUT2D eigenvalue weighted by Crippen LogP contribution is -2.42. The normalized spacial score (nSPS) is 21.4. The van der Waals surface area contributed by atoms with Gasteiger partial charge >= 0.3 is 0 Å². The van der Waals surface area contributed by atoms with Crippen LogP contribution in [0.15, 0.2) is 16.6 Å². The van der Waals surface area contributed by atoms with Crippen LogP contribution in [0.4, 0.5) is 5.82 Å². The smallest absolute Gasteiger partial charge is 0.263 e. The van der Waals surface area contributed by atoms with Crippen molar-refractivity contribution in [1.29, 1.82) is 0 Å². The number of rotatable bonds is 3. The zero-order valence-corrected chi connectivity index (χ0v) is 12.2. The highest BCUT2D eigenvalue weighted by Gasteiger charge is 2.34. The average molecular weight is 317 g/mol. The molecule has 10 heteroatoms. The van der Waals surface area contributed by atoms with E-state index in [1.165, 1.54) is 20.0 Å². The summed E-state index contributed by atoms with van der Waals surface area (Å²) in [4.78, 5) is 4.70. The molecule has 3 rings (SSSR count). The third kappa shape index (κ3) is 2.09. The number of thiazole rings is 1. The van der Waals surface area contributed by atoms with E-state index in [0.717, 1.165) is 0 Å². The molecule has 4 N–H and O–H groups in total. The van der Waals surface area contributed by atoms with E-state index >= 15 is 0 Å². The van der Waals surface area contributed by atoms with Crippen molar-refractivity contribution in [3.8, 4) is 0 Å². The SMILES string of the molecule is NNc1nc2sccn2c1S(=O)(=O)N1CCCC(O)C1. The Kier molecular flexibility index (Phi) is 3.42. The van der Waals surface area contributed by atoms with Gasteiger partial charge in [0.05, 0.1) is 6.10 Å². The van der Waals surface area contributed by atoms with Gasteiger partial charge in [-0.25, -0.2) is 14.3 Å². The summed E-state index contributed by atoms with van der Waals surface area (Å²) < 4.78 is 28.3. The van der Waals surface area contributed by atoms with Crippen molar-refractivity contribution in [2.75, 3.05) is 18.5 Å². The number of imidazole rings is 1. The van der Waals surface area contributed by atoms with Gasteiger partial charge in [0.25, 0.3) is 10.0 Å². The Hall–Kier alpha value is -1.20. The number of aliphatic hydroxyl groups is 1. The van der Waals surface area contributed by atoms with E-state index in [2.05, 4.69) is 10.4 Å². The lowest BCUT2D eigenvalue weighted by Gasteiger charge is -2.29. The lowest BCUT2D eigenvalue weighted by molar-refractivity contribution is 0.108. The summed E-state index contributed by atoms with van der Waals surface area (Å²) in [6.45, 7) is 0.491. The second-order valence-electron chi connectivity index (χ2n) is 4.62. The first-order valence-corrected chi connectivity index (χ1v) is 8.46. The molecule has 20 heavy (non-hydrogen) atoms. The molecule has 3 heterocycles. The minimum absolute atomic E-state index is 0.0188.